The number of para-hydroxylation sites is 1. The van der Waals surface area contributed by atoms with E-state index in [2.05, 4.69) is 20.5 Å². The first-order valence-corrected chi connectivity index (χ1v) is 11.5. The highest BCUT2D eigenvalue weighted by Gasteiger charge is 2.25. The zero-order valence-electron chi connectivity index (χ0n) is 18.1. The van der Waals surface area contributed by atoms with Gasteiger partial charge in [-0.05, 0) is 57.3 Å². The van der Waals surface area contributed by atoms with E-state index in [9.17, 15) is 9.59 Å². The maximum absolute atomic E-state index is 13.1. The van der Waals surface area contributed by atoms with E-state index >= 15 is 0 Å². The summed E-state index contributed by atoms with van der Waals surface area (Å²) < 4.78 is 1.63. The van der Waals surface area contributed by atoms with Crippen LogP contribution in [0.5, 0.6) is 0 Å². The quantitative estimate of drug-likeness (QED) is 0.800. The van der Waals surface area contributed by atoms with Crippen molar-refractivity contribution in [2.75, 3.05) is 32.7 Å². The lowest BCUT2D eigenvalue weighted by molar-refractivity contribution is -0.122. The molecule has 0 saturated carbocycles. The van der Waals surface area contributed by atoms with Gasteiger partial charge in [0, 0.05) is 32.1 Å². The smallest absolute Gasteiger partial charge is 0.276 e. The number of aromatic nitrogens is 3. The summed E-state index contributed by atoms with van der Waals surface area (Å²) in [7, 11) is 0. The molecule has 1 aromatic carbocycles. The van der Waals surface area contributed by atoms with Crippen LogP contribution in [0.2, 0.25) is 0 Å². The van der Waals surface area contributed by atoms with Gasteiger partial charge in [-0.15, -0.1) is 5.10 Å². The fraction of sp³-hybridized carbons (Fsp3) is 0.565. The molecule has 2 aliphatic heterocycles. The van der Waals surface area contributed by atoms with Crippen LogP contribution in [-0.2, 0) is 4.79 Å². The highest BCUT2D eigenvalue weighted by molar-refractivity contribution is 5.92. The lowest BCUT2D eigenvalue weighted by Crippen LogP contribution is -2.43. The molecule has 1 N–H and O–H groups in total. The van der Waals surface area contributed by atoms with E-state index in [1.165, 1.54) is 12.8 Å². The molecule has 2 amide bonds. The third kappa shape index (κ3) is 5.70. The summed E-state index contributed by atoms with van der Waals surface area (Å²) in [5, 5.41) is 11.3. The summed E-state index contributed by atoms with van der Waals surface area (Å²) in [4.78, 5) is 29.8. The molecule has 2 aliphatic rings. The molecule has 1 aromatic heterocycles. The van der Waals surface area contributed by atoms with Gasteiger partial charge >= 0.3 is 0 Å². The lowest BCUT2D eigenvalue weighted by atomic mass is 9.98. The van der Waals surface area contributed by atoms with Gasteiger partial charge in [-0.3, -0.25) is 14.5 Å². The Morgan fingerprint density at radius 1 is 0.968 bits per heavy atom. The molecule has 166 valence electrons. The van der Waals surface area contributed by atoms with Crippen molar-refractivity contribution in [2.24, 2.45) is 0 Å². The fourth-order valence-electron chi connectivity index (χ4n) is 4.53. The predicted molar refractivity (Wildman–Crippen MR) is 118 cm³/mol. The van der Waals surface area contributed by atoms with Crippen molar-refractivity contribution >= 4 is 11.8 Å². The van der Waals surface area contributed by atoms with Gasteiger partial charge < -0.3 is 10.2 Å². The molecule has 0 spiro atoms. The Bertz CT molecular complexity index is 868. The number of benzene rings is 1. The highest BCUT2D eigenvalue weighted by Crippen LogP contribution is 2.20. The molecule has 0 radical (unpaired) electrons. The summed E-state index contributed by atoms with van der Waals surface area (Å²) in [6.45, 7) is 3.95. The zero-order valence-corrected chi connectivity index (χ0v) is 18.1. The second-order valence-corrected chi connectivity index (χ2v) is 8.48. The molecule has 3 heterocycles. The van der Waals surface area contributed by atoms with Crippen LogP contribution >= 0.6 is 0 Å². The molecular formula is C23H32N6O2. The summed E-state index contributed by atoms with van der Waals surface area (Å²) >= 11 is 0. The summed E-state index contributed by atoms with van der Waals surface area (Å²) in [6.07, 6.45) is 8.51. The highest BCUT2D eigenvalue weighted by atomic mass is 16.2. The first-order valence-electron chi connectivity index (χ1n) is 11.5. The van der Waals surface area contributed by atoms with Crippen LogP contribution in [0.15, 0.2) is 36.5 Å². The van der Waals surface area contributed by atoms with Gasteiger partial charge in [0.15, 0.2) is 5.69 Å². The Labute approximate surface area is 183 Å². The van der Waals surface area contributed by atoms with E-state index in [4.69, 9.17) is 0 Å². The van der Waals surface area contributed by atoms with Crippen molar-refractivity contribution in [3.8, 4) is 5.69 Å². The van der Waals surface area contributed by atoms with Crippen LogP contribution in [0, 0.1) is 0 Å². The molecule has 4 rings (SSSR count). The minimum atomic E-state index is -0.0979. The third-order valence-corrected chi connectivity index (χ3v) is 6.24. The van der Waals surface area contributed by atoms with Crippen molar-refractivity contribution in [3.63, 3.8) is 0 Å². The summed E-state index contributed by atoms with van der Waals surface area (Å²) in [5.74, 6) is 0.0269. The van der Waals surface area contributed by atoms with Gasteiger partial charge in [-0.25, -0.2) is 4.68 Å². The van der Waals surface area contributed by atoms with E-state index in [0.717, 1.165) is 44.5 Å². The van der Waals surface area contributed by atoms with Gasteiger partial charge in [-0.1, -0.05) is 29.8 Å². The van der Waals surface area contributed by atoms with E-state index < -0.39 is 0 Å². The summed E-state index contributed by atoms with van der Waals surface area (Å²) in [6, 6.07) is 10.0. The van der Waals surface area contributed by atoms with Crippen LogP contribution in [-0.4, -0.2) is 75.4 Å². The minimum absolute atomic E-state index is 0.0979. The number of carbonyl (C=O) groups excluding carboxylic acids is 2. The van der Waals surface area contributed by atoms with E-state index in [1.807, 2.05) is 35.2 Å². The van der Waals surface area contributed by atoms with E-state index in [1.54, 1.807) is 10.9 Å². The van der Waals surface area contributed by atoms with Crippen LogP contribution in [0.3, 0.4) is 0 Å². The Morgan fingerprint density at radius 2 is 1.71 bits per heavy atom. The van der Waals surface area contributed by atoms with Crippen molar-refractivity contribution < 1.29 is 9.59 Å². The van der Waals surface area contributed by atoms with E-state index in [0.29, 0.717) is 37.8 Å². The molecule has 2 saturated heterocycles. The molecule has 8 nitrogen and oxygen atoms in total. The third-order valence-electron chi connectivity index (χ3n) is 6.24. The van der Waals surface area contributed by atoms with Gasteiger partial charge in [-0.2, -0.15) is 0 Å². The number of amides is 2. The number of carbonyl (C=O) groups is 2. The van der Waals surface area contributed by atoms with Crippen molar-refractivity contribution in [3.05, 3.63) is 42.2 Å². The number of piperidine rings is 1. The lowest BCUT2D eigenvalue weighted by Gasteiger charge is -2.35. The van der Waals surface area contributed by atoms with Crippen molar-refractivity contribution in [1.29, 1.82) is 0 Å². The van der Waals surface area contributed by atoms with Crippen LogP contribution in [0.25, 0.3) is 5.69 Å². The molecule has 1 atom stereocenters. The Kier molecular flexibility index (Phi) is 7.30. The second-order valence-electron chi connectivity index (χ2n) is 8.48. The zero-order chi connectivity index (χ0) is 21.5. The number of fused-ring (bicyclic) bond motifs is 1. The first kappa shape index (κ1) is 21.5. The molecule has 2 aromatic rings. The summed E-state index contributed by atoms with van der Waals surface area (Å²) in [5.41, 5.74) is 1.23. The monoisotopic (exact) mass is 424 g/mol. The van der Waals surface area contributed by atoms with Gasteiger partial charge in [0.1, 0.15) is 0 Å². The maximum Gasteiger partial charge on any atom is 0.276 e. The van der Waals surface area contributed by atoms with Gasteiger partial charge in [0.2, 0.25) is 5.91 Å². The maximum atomic E-state index is 13.1. The Morgan fingerprint density at radius 3 is 2.55 bits per heavy atom. The van der Waals surface area contributed by atoms with Crippen molar-refractivity contribution in [1.82, 2.24) is 30.1 Å². The average molecular weight is 425 g/mol. The predicted octanol–water partition coefficient (Wildman–Crippen LogP) is 2.25. The SMILES string of the molecule is O=C1CC2CCCCN2CCCCN(C(=O)c2cn(-c3ccccc3)nn2)CCCN1. The molecule has 2 fully saturated rings. The molecule has 31 heavy (non-hydrogen) atoms. The molecule has 1 unspecified atom stereocenters. The fourth-order valence-corrected chi connectivity index (χ4v) is 4.53. The standard InChI is InChI=1S/C23H32N6O2/c30-22-17-20-11-4-5-13-27(20)14-6-7-15-28(16-8-12-24-22)23(31)21-18-29(26-25-21)19-9-2-1-3-10-19/h1-3,9-10,18,20H,4-8,11-17H2,(H,24,30). The molecular weight excluding hydrogens is 392 g/mol. The van der Waals surface area contributed by atoms with Crippen LogP contribution < -0.4 is 5.32 Å². The average Bonchev–Trinajstić information content (AvgIpc) is 3.29. The normalized spacial score (nSPS) is 21.9. The largest absolute Gasteiger partial charge is 0.356 e. The van der Waals surface area contributed by atoms with Gasteiger partial charge in [0.25, 0.3) is 5.91 Å². The topological polar surface area (TPSA) is 83.4 Å². The number of hydrogen-bond donors (Lipinski definition) is 1. The number of rotatable bonds is 2. The Balaban J connectivity index is 1.41. The molecule has 0 bridgehead atoms. The minimum Gasteiger partial charge on any atom is -0.356 e. The molecule has 8 heteroatoms. The van der Waals surface area contributed by atoms with Gasteiger partial charge in [0.05, 0.1) is 11.9 Å². The number of hydrogen-bond acceptors (Lipinski definition) is 5. The number of nitrogens with one attached hydrogen (secondary N) is 1. The number of nitrogens with zero attached hydrogens (tertiary/aromatic N) is 5. The first-order chi connectivity index (χ1) is 15.2. The Hall–Kier alpha value is -2.74. The molecule has 0 aliphatic carbocycles. The van der Waals surface area contributed by atoms with Crippen LogP contribution in [0.1, 0.15) is 55.4 Å². The van der Waals surface area contributed by atoms with Crippen molar-refractivity contribution in [2.45, 2.75) is 51.0 Å². The van der Waals surface area contributed by atoms with E-state index in [-0.39, 0.29) is 11.8 Å². The second kappa shape index (κ2) is 10.5. The van der Waals surface area contributed by atoms with Crippen LogP contribution in [0.4, 0.5) is 0 Å².